The van der Waals surface area contributed by atoms with Crippen molar-refractivity contribution >= 4 is 0 Å². The lowest BCUT2D eigenvalue weighted by Crippen LogP contribution is -1.76. The minimum atomic E-state index is 0.826. The van der Waals surface area contributed by atoms with Gasteiger partial charge in [-0.05, 0) is 18.8 Å². The molecule has 40 valence electrons. The smallest absolute Gasteiger partial charge is 0.00999 e. The van der Waals surface area contributed by atoms with Crippen molar-refractivity contribution < 1.29 is 0 Å². The van der Waals surface area contributed by atoms with Crippen molar-refractivity contribution in [2.45, 2.75) is 6.42 Å². The third-order valence-electron chi connectivity index (χ3n) is 0.544. The lowest BCUT2D eigenvalue weighted by molar-refractivity contribution is 1.34. The number of hydrogen-bond donors (Lipinski definition) is 2. The van der Waals surface area contributed by atoms with Gasteiger partial charge in [0.05, 0.1) is 0 Å². The van der Waals surface area contributed by atoms with Crippen LogP contribution in [0.4, 0.5) is 0 Å². The highest BCUT2D eigenvalue weighted by atomic mass is 14.5. The van der Waals surface area contributed by atoms with Crippen molar-refractivity contribution in [3.63, 3.8) is 0 Å². The van der Waals surface area contributed by atoms with Crippen LogP contribution in [0.25, 0.3) is 0 Å². The van der Waals surface area contributed by atoms with Crippen molar-refractivity contribution in [2.24, 2.45) is 11.5 Å². The van der Waals surface area contributed by atoms with Crippen molar-refractivity contribution in [1.82, 2.24) is 0 Å². The van der Waals surface area contributed by atoms with Crippen LogP contribution in [-0.2, 0) is 0 Å². The van der Waals surface area contributed by atoms with E-state index in [1.54, 1.807) is 0 Å². The SMILES string of the molecule is NC=CCC=CN. The van der Waals surface area contributed by atoms with Gasteiger partial charge in [0.25, 0.3) is 0 Å². The standard InChI is InChI=1S/C5H10N2/c6-4-2-1-3-5-7/h2-5H,1,6-7H2. The summed E-state index contributed by atoms with van der Waals surface area (Å²) in [5.74, 6) is 0. The van der Waals surface area contributed by atoms with Gasteiger partial charge in [0.2, 0.25) is 0 Å². The molecule has 2 nitrogen and oxygen atoms in total. The van der Waals surface area contributed by atoms with Gasteiger partial charge in [0.1, 0.15) is 0 Å². The Morgan fingerprint density at radius 3 is 1.71 bits per heavy atom. The van der Waals surface area contributed by atoms with E-state index in [1.165, 1.54) is 12.4 Å². The molecule has 0 rings (SSSR count). The summed E-state index contributed by atoms with van der Waals surface area (Å²) in [5.41, 5.74) is 10.0. The highest BCUT2D eigenvalue weighted by molar-refractivity contribution is 4.87. The van der Waals surface area contributed by atoms with E-state index in [0.29, 0.717) is 0 Å². The number of rotatable bonds is 2. The molecule has 0 aliphatic rings. The van der Waals surface area contributed by atoms with Crippen molar-refractivity contribution in [1.29, 1.82) is 0 Å². The van der Waals surface area contributed by atoms with Crippen molar-refractivity contribution in [3.8, 4) is 0 Å². The first-order chi connectivity index (χ1) is 3.41. The fourth-order valence-electron chi connectivity index (χ4n) is 0.236. The van der Waals surface area contributed by atoms with Gasteiger partial charge in [0, 0.05) is 0 Å². The molecular weight excluding hydrogens is 88.1 g/mol. The van der Waals surface area contributed by atoms with Crippen LogP contribution in [0.2, 0.25) is 0 Å². The summed E-state index contributed by atoms with van der Waals surface area (Å²) in [7, 11) is 0. The molecule has 0 fully saturated rings. The van der Waals surface area contributed by atoms with E-state index >= 15 is 0 Å². The second-order valence-electron chi connectivity index (χ2n) is 1.09. The summed E-state index contributed by atoms with van der Waals surface area (Å²) in [6.07, 6.45) is 7.47. The average molecular weight is 98.1 g/mol. The Hall–Kier alpha value is -0.920. The summed E-state index contributed by atoms with van der Waals surface area (Å²) in [6.45, 7) is 0. The molecule has 4 N–H and O–H groups in total. The van der Waals surface area contributed by atoms with Gasteiger partial charge in [-0.15, -0.1) is 0 Å². The van der Waals surface area contributed by atoms with Crippen LogP contribution in [0.5, 0.6) is 0 Å². The van der Waals surface area contributed by atoms with Crippen LogP contribution in [0.15, 0.2) is 24.6 Å². The molecule has 0 atom stereocenters. The summed E-state index contributed by atoms with van der Waals surface area (Å²) >= 11 is 0. The molecule has 0 aromatic heterocycles. The molecule has 0 amide bonds. The molecule has 0 heterocycles. The van der Waals surface area contributed by atoms with Gasteiger partial charge in [0.15, 0.2) is 0 Å². The van der Waals surface area contributed by atoms with E-state index in [9.17, 15) is 0 Å². The van der Waals surface area contributed by atoms with Crippen molar-refractivity contribution in [3.05, 3.63) is 24.6 Å². The van der Waals surface area contributed by atoms with Crippen LogP contribution in [0, 0.1) is 0 Å². The van der Waals surface area contributed by atoms with E-state index in [0.717, 1.165) is 6.42 Å². The van der Waals surface area contributed by atoms with Crippen molar-refractivity contribution in [2.75, 3.05) is 0 Å². The number of hydrogen-bond acceptors (Lipinski definition) is 2. The van der Waals surface area contributed by atoms with Gasteiger partial charge < -0.3 is 11.5 Å². The summed E-state index contributed by atoms with van der Waals surface area (Å²) in [6, 6.07) is 0. The van der Waals surface area contributed by atoms with Crippen LogP contribution >= 0.6 is 0 Å². The predicted octanol–water partition coefficient (Wildman–Crippen LogP) is 0.321. The van der Waals surface area contributed by atoms with E-state index < -0.39 is 0 Å². The molecule has 0 bridgehead atoms. The lowest BCUT2D eigenvalue weighted by Gasteiger charge is -1.74. The van der Waals surface area contributed by atoms with Crippen LogP contribution < -0.4 is 11.5 Å². The second-order valence-corrected chi connectivity index (χ2v) is 1.09. The first-order valence-corrected chi connectivity index (χ1v) is 2.15. The van der Waals surface area contributed by atoms with E-state index in [4.69, 9.17) is 11.5 Å². The Balaban J connectivity index is 2.98. The highest BCUT2D eigenvalue weighted by Crippen LogP contribution is 1.78. The van der Waals surface area contributed by atoms with Crippen LogP contribution in [0.3, 0.4) is 0 Å². The topological polar surface area (TPSA) is 52.0 Å². The van der Waals surface area contributed by atoms with Gasteiger partial charge in [-0.1, -0.05) is 12.2 Å². The summed E-state index contributed by atoms with van der Waals surface area (Å²) < 4.78 is 0. The lowest BCUT2D eigenvalue weighted by atomic mass is 10.4. The number of allylic oxidation sites excluding steroid dienone is 2. The quantitative estimate of drug-likeness (QED) is 0.522. The van der Waals surface area contributed by atoms with Crippen LogP contribution in [-0.4, -0.2) is 0 Å². The first-order valence-electron chi connectivity index (χ1n) is 2.15. The molecule has 0 aliphatic carbocycles. The molecule has 0 radical (unpaired) electrons. The molecule has 0 unspecified atom stereocenters. The third-order valence-corrected chi connectivity index (χ3v) is 0.544. The molecule has 0 aromatic rings. The monoisotopic (exact) mass is 98.1 g/mol. The van der Waals surface area contributed by atoms with Gasteiger partial charge in [-0.25, -0.2) is 0 Å². The summed E-state index contributed by atoms with van der Waals surface area (Å²) in [5, 5.41) is 0. The van der Waals surface area contributed by atoms with Crippen LogP contribution in [0.1, 0.15) is 6.42 Å². The fraction of sp³-hybridized carbons (Fsp3) is 0.200. The predicted molar refractivity (Wildman–Crippen MR) is 31.3 cm³/mol. The molecule has 0 spiro atoms. The van der Waals surface area contributed by atoms with E-state index in [2.05, 4.69) is 0 Å². The fourth-order valence-corrected chi connectivity index (χ4v) is 0.236. The highest BCUT2D eigenvalue weighted by Gasteiger charge is 1.61. The zero-order chi connectivity index (χ0) is 5.54. The minimum Gasteiger partial charge on any atom is -0.405 e. The molecule has 2 heteroatoms. The average Bonchev–Trinajstić information content (AvgIpc) is 1.69. The third kappa shape index (κ3) is 5.08. The first kappa shape index (κ1) is 6.08. The minimum absolute atomic E-state index is 0.826. The Bertz CT molecular complexity index is 64.1. The maximum absolute atomic E-state index is 5.01. The Morgan fingerprint density at radius 2 is 1.43 bits per heavy atom. The molecule has 0 saturated carbocycles. The maximum Gasteiger partial charge on any atom is -0.00999 e. The molecular formula is C5H10N2. The molecule has 0 aliphatic heterocycles. The molecule has 7 heavy (non-hydrogen) atoms. The zero-order valence-corrected chi connectivity index (χ0v) is 4.17. The Labute approximate surface area is 43.5 Å². The van der Waals surface area contributed by atoms with E-state index in [-0.39, 0.29) is 0 Å². The number of nitrogens with two attached hydrogens (primary N) is 2. The van der Waals surface area contributed by atoms with Gasteiger partial charge in [-0.3, -0.25) is 0 Å². The Kier molecular flexibility index (Phi) is 4.41. The van der Waals surface area contributed by atoms with E-state index in [1.807, 2.05) is 12.2 Å². The summed E-state index contributed by atoms with van der Waals surface area (Å²) in [4.78, 5) is 0. The maximum atomic E-state index is 5.01. The van der Waals surface area contributed by atoms with Gasteiger partial charge >= 0.3 is 0 Å². The molecule has 0 saturated heterocycles. The Morgan fingerprint density at radius 1 is 1.00 bits per heavy atom. The largest absolute Gasteiger partial charge is 0.405 e. The zero-order valence-electron chi connectivity index (χ0n) is 4.17. The van der Waals surface area contributed by atoms with Gasteiger partial charge in [-0.2, -0.15) is 0 Å². The normalized spacial score (nSPS) is 11.4. The molecule has 0 aromatic carbocycles. The second kappa shape index (κ2) is 5.08.